The third-order valence-corrected chi connectivity index (χ3v) is 3.56. The molecule has 0 saturated carbocycles. The zero-order valence-electron chi connectivity index (χ0n) is 13.4. The molecular weight excluding hydrogens is 330 g/mol. The Morgan fingerprint density at radius 3 is 2.38 bits per heavy atom. The summed E-state index contributed by atoms with van der Waals surface area (Å²) in [6, 6.07) is 15.0. The van der Waals surface area contributed by atoms with Crippen molar-refractivity contribution in [2.45, 2.75) is 0 Å². The minimum atomic E-state index is -0.601. The van der Waals surface area contributed by atoms with E-state index in [1.165, 1.54) is 6.20 Å². The highest BCUT2D eigenvalue weighted by Gasteiger charge is 2.09. The molecule has 0 saturated heterocycles. The number of aromatic amines is 2. The van der Waals surface area contributed by atoms with E-state index in [1.807, 2.05) is 6.07 Å². The molecule has 0 aliphatic heterocycles. The SMILES string of the molecule is N#Cc1ccc(C(=O)c2cccc(C#Cc3c[nH]c(=O)[nH]c3=O)c2)cc1. The van der Waals surface area contributed by atoms with Crippen LogP contribution in [0.4, 0.5) is 0 Å². The van der Waals surface area contributed by atoms with E-state index in [0.29, 0.717) is 22.3 Å². The molecule has 0 amide bonds. The monoisotopic (exact) mass is 341 g/mol. The van der Waals surface area contributed by atoms with Crippen molar-refractivity contribution >= 4 is 5.78 Å². The highest BCUT2D eigenvalue weighted by Crippen LogP contribution is 2.12. The summed E-state index contributed by atoms with van der Waals surface area (Å²) in [5, 5.41) is 8.81. The molecule has 6 heteroatoms. The number of aromatic nitrogens is 2. The largest absolute Gasteiger partial charge is 0.325 e. The van der Waals surface area contributed by atoms with E-state index in [0.717, 1.165) is 0 Å². The molecule has 0 atom stereocenters. The molecule has 0 bridgehead atoms. The smallest absolute Gasteiger partial charge is 0.313 e. The molecule has 0 radical (unpaired) electrons. The maximum Gasteiger partial charge on any atom is 0.325 e. The number of hydrogen-bond donors (Lipinski definition) is 2. The average molecular weight is 341 g/mol. The molecule has 1 aromatic heterocycles. The summed E-state index contributed by atoms with van der Waals surface area (Å²) in [7, 11) is 0. The van der Waals surface area contributed by atoms with Crippen LogP contribution in [0.3, 0.4) is 0 Å². The van der Waals surface area contributed by atoms with E-state index >= 15 is 0 Å². The van der Waals surface area contributed by atoms with Crippen molar-refractivity contribution in [2.75, 3.05) is 0 Å². The number of carbonyl (C=O) groups is 1. The predicted molar refractivity (Wildman–Crippen MR) is 94.7 cm³/mol. The molecule has 124 valence electrons. The lowest BCUT2D eigenvalue weighted by Crippen LogP contribution is -2.23. The van der Waals surface area contributed by atoms with Crippen LogP contribution in [0.2, 0.25) is 0 Å². The van der Waals surface area contributed by atoms with Gasteiger partial charge in [0.05, 0.1) is 11.6 Å². The van der Waals surface area contributed by atoms with Gasteiger partial charge in [0.15, 0.2) is 5.78 Å². The molecule has 26 heavy (non-hydrogen) atoms. The maximum atomic E-state index is 12.5. The summed E-state index contributed by atoms with van der Waals surface area (Å²) in [6.45, 7) is 0. The third kappa shape index (κ3) is 3.66. The normalized spacial score (nSPS) is 9.65. The number of benzene rings is 2. The fourth-order valence-electron chi connectivity index (χ4n) is 2.24. The molecule has 6 nitrogen and oxygen atoms in total. The second-order valence-corrected chi connectivity index (χ2v) is 5.33. The molecule has 0 spiro atoms. The van der Waals surface area contributed by atoms with Gasteiger partial charge in [-0.25, -0.2) is 4.79 Å². The number of ketones is 1. The zero-order valence-corrected chi connectivity index (χ0v) is 13.4. The summed E-state index contributed by atoms with van der Waals surface area (Å²) in [5.74, 6) is 5.27. The first kappa shape index (κ1) is 16.7. The number of carbonyl (C=O) groups excluding carboxylic acids is 1. The van der Waals surface area contributed by atoms with E-state index < -0.39 is 11.2 Å². The highest BCUT2D eigenvalue weighted by molar-refractivity contribution is 6.09. The molecule has 0 aliphatic carbocycles. The molecule has 2 aromatic carbocycles. The van der Waals surface area contributed by atoms with Gasteiger partial charge in [0.2, 0.25) is 0 Å². The lowest BCUT2D eigenvalue weighted by atomic mass is 10.0. The molecule has 3 aromatic rings. The standard InChI is InChI=1S/C20H11N3O3/c21-11-14-5-7-15(8-6-14)18(24)16-3-1-2-13(10-16)4-9-17-12-22-20(26)23-19(17)25/h1-3,5-8,10,12H,(H2,22,23,25,26). The van der Waals surface area contributed by atoms with Crippen LogP contribution in [0.5, 0.6) is 0 Å². The van der Waals surface area contributed by atoms with Crippen molar-refractivity contribution in [3.05, 3.63) is 103 Å². The van der Waals surface area contributed by atoms with Gasteiger partial charge in [0.1, 0.15) is 5.56 Å². The van der Waals surface area contributed by atoms with Crippen LogP contribution in [0.25, 0.3) is 0 Å². The van der Waals surface area contributed by atoms with Crippen LogP contribution in [-0.4, -0.2) is 15.8 Å². The van der Waals surface area contributed by atoms with Gasteiger partial charge in [-0.1, -0.05) is 24.0 Å². The summed E-state index contributed by atoms with van der Waals surface area (Å²) in [6.07, 6.45) is 1.24. The number of rotatable bonds is 2. The Labute approximate surface area is 147 Å². The van der Waals surface area contributed by atoms with Crippen molar-refractivity contribution in [2.24, 2.45) is 0 Å². The molecular formula is C20H11N3O3. The van der Waals surface area contributed by atoms with Crippen LogP contribution in [0.1, 0.15) is 32.6 Å². The van der Waals surface area contributed by atoms with Gasteiger partial charge in [-0.2, -0.15) is 5.26 Å². The van der Waals surface area contributed by atoms with Crippen LogP contribution >= 0.6 is 0 Å². The number of nitrogens with zero attached hydrogens (tertiary/aromatic N) is 1. The Kier molecular flexibility index (Phi) is 4.60. The van der Waals surface area contributed by atoms with E-state index in [9.17, 15) is 14.4 Å². The van der Waals surface area contributed by atoms with Gasteiger partial charge in [0.25, 0.3) is 5.56 Å². The van der Waals surface area contributed by atoms with Gasteiger partial charge in [-0.3, -0.25) is 14.6 Å². The minimum absolute atomic E-state index is 0.119. The number of H-pyrrole nitrogens is 2. The van der Waals surface area contributed by atoms with Crippen molar-refractivity contribution in [1.29, 1.82) is 5.26 Å². The first-order chi connectivity index (χ1) is 12.6. The van der Waals surface area contributed by atoms with Gasteiger partial charge >= 0.3 is 5.69 Å². The summed E-state index contributed by atoms with van der Waals surface area (Å²) < 4.78 is 0. The van der Waals surface area contributed by atoms with E-state index in [-0.39, 0.29) is 11.3 Å². The Hall–Kier alpha value is -4.16. The van der Waals surface area contributed by atoms with Crippen molar-refractivity contribution in [3.63, 3.8) is 0 Å². The van der Waals surface area contributed by atoms with Crippen LogP contribution in [0.15, 0.2) is 64.3 Å². The number of hydrogen-bond acceptors (Lipinski definition) is 4. The molecule has 0 fully saturated rings. The lowest BCUT2D eigenvalue weighted by Gasteiger charge is -2.02. The Bertz CT molecular complexity index is 1200. The molecule has 1 heterocycles. The molecule has 0 aliphatic rings. The summed E-state index contributed by atoms with van der Waals surface area (Å²) >= 11 is 0. The Balaban J connectivity index is 1.90. The number of nitrogens with one attached hydrogen (secondary N) is 2. The summed E-state index contributed by atoms with van der Waals surface area (Å²) in [5.41, 5.74) is 0.875. The van der Waals surface area contributed by atoms with E-state index in [4.69, 9.17) is 5.26 Å². The predicted octanol–water partition coefficient (Wildman–Crippen LogP) is 1.57. The van der Waals surface area contributed by atoms with Gasteiger partial charge in [-0.15, -0.1) is 0 Å². The van der Waals surface area contributed by atoms with Crippen LogP contribution < -0.4 is 11.2 Å². The fraction of sp³-hybridized carbons (Fsp3) is 0. The van der Waals surface area contributed by atoms with E-state index in [2.05, 4.69) is 21.8 Å². The third-order valence-electron chi connectivity index (χ3n) is 3.56. The molecule has 0 unspecified atom stereocenters. The summed E-state index contributed by atoms with van der Waals surface area (Å²) in [4.78, 5) is 39.6. The first-order valence-corrected chi connectivity index (χ1v) is 7.56. The van der Waals surface area contributed by atoms with Crippen molar-refractivity contribution in [3.8, 4) is 17.9 Å². The Morgan fingerprint density at radius 1 is 0.923 bits per heavy atom. The van der Waals surface area contributed by atoms with Gasteiger partial charge < -0.3 is 4.98 Å². The fourth-order valence-corrected chi connectivity index (χ4v) is 2.24. The van der Waals surface area contributed by atoms with Crippen molar-refractivity contribution in [1.82, 2.24) is 9.97 Å². The Morgan fingerprint density at radius 2 is 1.69 bits per heavy atom. The topological polar surface area (TPSA) is 107 Å². The first-order valence-electron chi connectivity index (χ1n) is 7.56. The maximum absolute atomic E-state index is 12.5. The second-order valence-electron chi connectivity index (χ2n) is 5.33. The molecule has 2 N–H and O–H groups in total. The number of nitriles is 1. The molecule has 3 rings (SSSR count). The van der Waals surface area contributed by atoms with Crippen LogP contribution in [-0.2, 0) is 0 Å². The van der Waals surface area contributed by atoms with Crippen molar-refractivity contribution < 1.29 is 4.79 Å². The lowest BCUT2D eigenvalue weighted by molar-refractivity contribution is 0.103. The van der Waals surface area contributed by atoms with Gasteiger partial charge in [-0.05, 0) is 36.4 Å². The quantitative estimate of drug-likeness (QED) is 0.545. The zero-order chi connectivity index (χ0) is 18.5. The van der Waals surface area contributed by atoms with E-state index in [1.54, 1.807) is 48.5 Å². The average Bonchev–Trinajstić information content (AvgIpc) is 2.67. The minimum Gasteiger partial charge on any atom is -0.313 e. The van der Waals surface area contributed by atoms with Gasteiger partial charge in [0, 0.05) is 22.9 Å². The second kappa shape index (κ2) is 7.16. The highest BCUT2D eigenvalue weighted by atomic mass is 16.2. The van der Waals surface area contributed by atoms with Crippen LogP contribution in [0, 0.1) is 23.2 Å².